The highest BCUT2D eigenvalue weighted by molar-refractivity contribution is 5.88. The minimum Gasteiger partial charge on any atom is -1.00 e. The van der Waals surface area contributed by atoms with Gasteiger partial charge in [-0.05, 0) is 23.3 Å². The molecule has 0 saturated heterocycles. The molecule has 2 aromatic carbocycles. The van der Waals surface area contributed by atoms with E-state index in [2.05, 4.69) is 26.2 Å². The van der Waals surface area contributed by atoms with Gasteiger partial charge in [0.05, 0.1) is 49.1 Å². The quantitative estimate of drug-likeness (QED) is 0.459. The average Bonchev–Trinajstić information content (AvgIpc) is 2.68. The number of halogens is 1. The molecule has 0 saturated carbocycles. The second kappa shape index (κ2) is 7.63. The second-order valence-corrected chi connectivity index (χ2v) is 7.87. The summed E-state index contributed by atoms with van der Waals surface area (Å²) in [7, 11) is 11.4. The summed E-state index contributed by atoms with van der Waals surface area (Å²) in [6.07, 6.45) is 1.99. The van der Waals surface area contributed by atoms with Crippen molar-refractivity contribution in [2.45, 2.75) is 18.9 Å². The molecule has 152 valence electrons. The lowest BCUT2D eigenvalue weighted by atomic mass is 9.75. The summed E-state index contributed by atoms with van der Waals surface area (Å²) in [5, 5.41) is 0. The summed E-state index contributed by atoms with van der Waals surface area (Å²) in [5.41, 5.74) is 6.14. The molecule has 1 heterocycles. The molecule has 6 heteroatoms. The molecule has 2 aliphatic rings. The molecule has 1 atom stereocenters. The number of fused-ring (bicyclic) bond motifs is 2. The van der Waals surface area contributed by atoms with Gasteiger partial charge in [0.2, 0.25) is 0 Å². The number of benzene rings is 2. The van der Waals surface area contributed by atoms with E-state index in [4.69, 9.17) is 18.9 Å². The third kappa shape index (κ3) is 2.92. The van der Waals surface area contributed by atoms with Crippen molar-refractivity contribution in [3.8, 4) is 34.1 Å². The van der Waals surface area contributed by atoms with Gasteiger partial charge in [-0.3, -0.25) is 0 Å². The van der Waals surface area contributed by atoms with Crippen LogP contribution >= 0.6 is 0 Å². The molecule has 0 bridgehead atoms. The maximum Gasteiger partial charge on any atom is 0.169 e. The number of likely N-dealkylation sites (N-methyl/N-ethyl adjacent to an activating group) is 1. The first-order valence-corrected chi connectivity index (χ1v) is 9.31. The fraction of sp³-hybridized carbons (Fsp3) is 0.455. The predicted octanol–water partition coefficient (Wildman–Crippen LogP) is 0.622. The van der Waals surface area contributed by atoms with Gasteiger partial charge >= 0.3 is 0 Å². The number of hydrogen-bond acceptors (Lipinski definition) is 4. The first-order valence-electron chi connectivity index (χ1n) is 9.31. The standard InChI is InChI=1S/C22H28NO4.HI/c1-23(2)10-9-14-12-17(25-4)22(27-6)20-18(14)15(23)11-13-7-8-16(24-3)21(26-5)19(13)20;/h7-8,12,15H,9-11H2,1-6H3;1H/q+1;/p-1/t15-;/m0./s1. The van der Waals surface area contributed by atoms with Gasteiger partial charge in [-0.1, -0.05) is 6.07 Å². The Labute approximate surface area is 184 Å². The maximum absolute atomic E-state index is 5.88. The van der Waals surface area contributed by atoms with Crippen molar-refractivity contribution in [2.24, 2.45) is 0 Å². The Balaban J connectivity index is 0.00000225. The van der Waals surface area contributed by atoms with Crippen molar-refractivity contribution < 1.29 is 47.4 Å². The monoisotopic (exact) mass is 497 g/mol. The lowest BCUT2D eigenvalue weighted by molar-refractivity contribution is -0.923. The van der Waals surface area contributed by atoms with E-state index in [9.17, 15) is 0 Å². The van der Waals surface area contributed by atoms with E-state index in [1.807, 2.05) is 6.07 Å². The number of hydrogen-bond donors (Lipinski definition) is 0. The van der Waals surface area contributed by atoms with Crippen LogP contribution in [0.3, 0.4) is 0 Å². The van der Waals surface area contributed by atoms with Crippen LogP contribution in [0.2, 0.25) is 0 Å². The SMILES string of the molecule is COc1ccc2c(c1OC)-c1c(OC)c(OC)cc3c1[C@H](C2)[N+](C)(C)CC3.[I-]. The molecule has 4 rings (SSSR count). The van der Waals surface area contributed by atoms with Gasteiger partial charge in [0.1, 0.15) is 6.04 Å². The third-order valence-corrected chi connectivity index (χ3v) is 6.23. The molecule has 0 aromatic heterocycles. The molecule has 0 unspecified atom stereocenters. The van der Waals surface area contributed by atoms with Crippen LogP contribution in [-0.2, 0) is 12.8 Å². The normalized spacial score (nSPS) is 18.3. The van der Waals surface area contributed by atoms with E-state index >= 15 is 0 Å². The Kier molecular flexibility index (Phi) is 5.74. The zero-order valence-electron chi connectivity index (χ0n) is 17.4. The van der Waals surface area contributed by atoms with E-state index in [1.54, 1.807) is 28.4 Å². The maximum atomic E-state index is 5.88. The van der Waals surface area contributed by atoms with Crippen molar-refractivity contribution in [3.05, 3.63) is 34.9 Å². The zero-order valence-corrected chi connectivity index (χ0v) is 19.5. The molecule has 5 nitrogen and oxygen atoms in total. The largest absolute Gasteiger partial charge is 1.00 e. The van der Waals surface area contributed by atoms with E-state index in [1.165, 1.54) is 16.7 Å². The van der Waals surface area contributed by atoms with Crippen LogP contribution in [0.15, 0.2) is 18.2 Å². The van der Waals surface area contributed by atoms with Crippen LogP contribution in [0.5, 0.6) is 23.0 Å². The molecule has 0 N–H and O–H groups in total. The van der Waals surface area contributed by atoms with Crippen LogP contribution < -0.4 is 42.9 Å². The van der Waals surface area contributed by atoms with Crippen LogP contribution in [0.25, 0.3) is 11.1 Å². The highest BCUT2D eigenvalue weighted by Gasteiger charge is 2.44. The van der Waals surface area contributed by atoms with Gasteiger partial charge in [-0.15, -0.1) is 0 Å². The van der Waals surface area contributed by atoms with Gasteiger partial charge in [-0.2, -0.15) is 0 Å². The topological polar surface area (TPSA) is 36.9 Å². The number of nitrogens with zero attached hydrogens (tertiary/aromatic N) is 1. The van der Waals surface area contributed by atoms with Crippen molar-refractivity contribution >= 4 is 0 Å². The van der Waals surface area contributed by atoms with Crippen LogP contribution in [0.1, 0.15) is 22.7 Å². The van der Waals surface area contributed by atoms with E-state index in [0.29, 0.717) is 6.04 Å². The molecule has 2 aromatic rings. The summed E-state index contributed by atoms with van der Waals surface area (Å²) < 4.78 is 23.9. The summed E-state index contributed by atoms with van der Waals surface area (Å²) in [4.78, 5) is 0. The Morgan fingerprint density at radius 3 is 2.07 bits per heavy atom. The molecule has 0 fully saturated rings. The predicted molar refractivity (Wildman–Crippen MR) is 105 cm³/mol. The summed E-state index contributed by atoms with van der Waals surface area (Å²) in [5.74, 6) is 3.04. The van der Waals surface area contributed by atoms with E-state index in [0.717, 1.165) is 58.0 Å². The molecular formula is C22H28INO4. The van der Waals surface area contributed by atoms with E-state index in [-0.39, 0.29) is 24.0 Å². The van der Waals surface area contributed by atoms with Gasteiger partial charge in [0, 0.05) is 29.5 Å². The lowest BCUT2D eigenvalue weighted by Crippen LogP contribution is -3.00. The fourth-order valence-corrected chi connectivity index (χ4v) is 4.78. The Hall–Kier alpha value is -1.67. The van der Waals surface area contributed by atoms with Gasteiger partial charge < -0.3 is 47.4 Å². The minimum absolute atomic E-state index is 0. The van der Waals surface area contributed by atoms with Crippen molar-refractivity contribution in [2.75, 3.05) is 49.1 Å². The third-order valence-electron chi connectivity index (χ3n) is 6.23. The van der Waals surface area contributed by atoms with Gasteiger partial charge in [-0.25, -0.2) is 0 Å². The first-order chi connectivity index (χ1) is 13.0. The lowest BCUT2D eigenvalue weighted by Gasteiger charge is -2.46. The number of quaternary nitrogens is 1. The molecule has 0 amide bonds. The van der Waals surface area contributed by atoms with Crippen molar-refractivity contribution in [1.82, 2.24) is 0 Å². The van der Waals surface area contributed by atoms with Crippen molar-refractivity contribution in [3.63, 3.8) is 0 Å². The Morgan fingerprint density at radius 2 is 1.46 bits per heavy atom. The van der Waals surface area contributed by atoms with Crippen LogP contribution in [-0.4, -0.2) is 53.6 Å². The first kappa shape index (κ1) is 21.0. The zero-order chi connectivity index (χ0) is 19.3. The van der Waals surface area contributed by atoms with Crippen LogP contribution in [0.4, 0.5) is 0 Å². The Morgan fingerprint density at radius 1 is 0.821 bits per heavy atom. The highest BCUT2D eigenvalue weighted by Crippen LogP contribution is 2.57. The number of ether oxygens (including phenoxy) is 4. The Bertz CT molecular complexity index is 910. The molecular weight excluding hydrogens is 469 g/mol. The van der Waals surface area contributed by atoms with Gasteiger partial charge in [0.25, 0.3) is 0 Å². The molecule has 1 aliphatic carbocycles. The fourth-order valence-electron chi connectivity index (χ4n) is 4.78. The van der Waals surface area contributed by atoms with Crippen LogP contribution in [0, 0.1) is 0 Å². The number of methoxy groups -OCH3 is 4. The molecule has 1 aliphatic heterocycles. The minimum atomic E-state index is 0. The molecule has 0 radical (unpaired) electrons. The molecule has 0 spiro atoms. The highest BCUT2D eigenvalue weighted by atomic mass is 127. The summed E-state index contributed by atoms with van der Waals surface area (Å²) in [6.45, 7) is 1.11. The van der Waals surface area contributed by atoms with Gasteiger partial charge in [0.15, 0.2) is 23.0 Å². The smallest absolute Gasteiger partial charge is 0.169 e. The molecule has 28 heavy (non-hydrogen) atoms. The number of rotatable bonds is 4. The van der Waals surface area contributed by atoms with E-state index < -0.39 is 0 Å². The average molecular weight is 497 g/mol. The second-order valence-electron chi connectivity index (χ2n) is 7.87. The summed E-state index contributed by atoms with van der Waals surface area (Å²) >= 11 is 0. The van der Waals surface area contributed by atoms with Crippen molar-refractivity contribution in [1.29, 1.82) is 0 Å². The summed E-state index contributed by atoms with van der Waals surface area (Å²) in [6, 6.07) is 6.70.